The van der Waals surface area contributed by atoms with Gasteiger partial charge in [0.2, 0.25) is 5.95 Å². The van der Waals surface area contributed by atoms with Crippen molar-refractivity contribution >= 4 is 22.5 Å². The third kappa shape index (κ3) is 2.31. The quantitative estimate of drug-likeness (QED) is 0.486. The monoisotopic (exact) mass is 348 g/mol. The van der Waals surface area contributed by atoms with Crippen LogP contribution in [-0.4, -0.2) is 24.9 Å². The molecule has 0 aliphatic heterocycles. The lowest BCUT2D eigenvalue weighted by Gasteiger charge is -2.12. The first-order valence-corrected chi connectivity index (χ1v) is 8.11. The van der Waals surface area contributed by atoms with E-state index in [0.717, 1.165) is 16.6 Å². The van der Waals surface area contributed by atoms with E-state index in [4.69, 9.17) is 5.73 Å². The number of aryl methyl sites for hydroxylation is 1. The molecule has 0 saturated heterocycles. The third-order valence-electron chi connectivity index (χ3n) is 4.42. The predicted molar refractivity (Wildman–Crippen MR) is 99.6 cm³/mol. The van der Waals surface area contributed by atoms with E-state index >= 15 is 0 Å². The van der Waals surface area contributed by atoms with Crippen molar-refractivity contribution < 1.29 is 5.11 Å². The second-order valence-electron chi connectivity index (χ2n) is 5.88. The van der Waals surface area contributed by atoms with Gasteiger partial charge in [0.05, 0.1) is 11.3 Å². The number of nitroso groups, excluding NO2 is 1. The van der Waals surface area contributed by atoms with E-state index in [1.807, 2.05) is 37.4 Å². The molecule has 0 fully saturated rings. The Balaban J connectivity index is 1.99. The van der Waals surface area contributed by atoms with Crippen molar-refractivity contribution in [2.24, 2.45) is 5.18 Å². The van der Waals surface area contributed by atoms with Crippen molar-refractivity contribution in [1.82, 2.24) is 19.7 Å². The molecule has 0 spiro atoms. The maximum atomic E-state index is 11.0. The molecule has 130 valence electrons. The number of fused-ring (bicyclic) bond motifs is 1. The third-order valence-corrected chi connectivity index (χ3v) is 4.42. The van der Waals surface area contributed by atoms with E-state index < -0.39 is 0 Å². The highest BCUT2D eigenvalue weighted by Gasteiger charge is 2.20. The molecule has 26 heavy (non-hydrogen) atoms. The molecule has 4 aromatic rings. The number of hydrogen-bond donors (Lipinski definition) is 3. The Morgan fingerprint density at radius 3 is 2.88 bits per heavy atom. The van der Waals surface area contributed by atoms with Gasteiger partial charge in [-0.3, -0.25) is 4.57 Å². The predicted octanol–water partition coefficient (Wildman–Crippen LogP) is 3.66. The SMILES string of the molecule is CCc1cc(-c2nnc(N)n2-c2cccc3[nH]ccc23)c(O)cc1N=O. The van der Waals surface area contributed by atoms with E-state index in [2.05, 4.69) is 20.4 Å². The van der Waals surface area contributed by atoms with Crippen molar-refractivity contribution in [3.63, 3.8) is 0 Å². The summed E-state index contributed by atoms with van der Waals surface area (Å²) in [5, 5.41) is 22.5. The fourth-order valence-electron chi connectivity index (χ4n) is 3.14. The van der Waals surface area contributed by atoms with Crippen LogP contribution < -0.4 is 5.73 Å². The summed E-state index contributed by atoms with van der Waals surface area (Å²) >= 11 is 0. The van der Waals surface area contributed by atoms with Crippen LogP contribution >= 0.6 is 0 Å². The number of phenolic OH excluding ortho intramolecular Hbond substituents is 1. The highest BCUT2D eigenvalue weighted by atomic mass is 16.3. The number of anilines is 1. The van der Waals surface area contributed by atoms with E-state index in [0.29, 0.717) is 23.4 Å². The van der Waals surface area contributed by atoms with Crippen LogP contribution in [0.2, 0.25) is 0 Å². The Hall–Kier alpha value is -3.68. The molecule has 0 radical (unpaired) electrons. The number of rotatable bonds is 4. The minimum Gasteiger partial charge on any atom is -0.507 e. The van der Waals surface area contributed by atoms with Crippen LogP contribution in [0.1, 0.15) is 12.5 Å². The van der Waals surface area contributed by atoms with Gasteiger partial charge in [-0.05, 0) is 41.4 Å². The largest absolute Gasteiger partial charge is 0.507 e. The van der Waals surface area contributed by atoms with Crippen molar-refractivity contribution in [1.29, 1.82) is 0 Å². The Morgan fingerprint density at radius 2 is 2.12 bits per heavy atom. The molecule has 0 amide bonds. The van der Waals surface area contributed by atoms with Gasteiger partial charge in [0, 0.05) is 23.2 Å². The van der Waals surface area contributed by atoms with Gasteiger partial charge < -0.3 is 15.8 Å². The standard InChI is InChI=1S/C18H16N6O2/c1-2-10-8-12(16(25)9-14(10)23-26)17-21-22-18(19)24(17)15-5-3-4-13-11(15)6-7-20-13/h3-9,20,25H,2H2,1H3,(H2,19,22). The van der Waals surface area contributed by atoms with Gasteiger partial charge in [-0.2, -0.15) is 0 Å². The lowest BCUT2D eigenvalue weighted by atomic mass is 10.0. The Labute approximate surface area is 148 Å². The van der Waals surface area contributed by atoms with Gasteiger partial charge >= 0.3 is 0 Å². The molecule has 0 saturated carbocycles. The zero-order valence-corrected chi connectivity index (χ0v) is 14.0. The Kier molecular flexibility index (Phi) is 3.65. The summed E-state index contributed by atoms with van der Waals surface area (Å²) < 4.78 is 1.68. The van der Waals surface area contributed by atoms with E-state index in [-0.39, 0.29) is 17.4 Å². The minimum absolute atomic E-state index is 0.105. The average molecular weight is 348 g/mol. The first-order chi connectivity index (χ1) is 12.6. The summed E-state index contributed by atoms with van der Waals surface area (Å²) in [6.45, 7) is 1.91. The van der Waals surface area contributed by atoms with Gasteiger partial charge in [-0.15, -0.1) is 15.1 Å². The summed E-state index contributed by atoms with van der Waals surface area (Å²) in [6, 6.07) is 10.7. The first-order valence-electron chi connectivity index (χ1n) is 8.11. The number of hydrogen-bond acceptors (Lipinski definition) is 6. The van der Waals surface area contributed by atoms with Crippen LogP contribution in [0.25, 0.3) is 28.0 Å². The van der Waals surface area contributed by atoms with Crippen LogP contribution in [0.4, 0.5) is 11.6 Å². The Bertz CT molecular complexity index is 1130. The molecular weight excluding hydrogens is 332 g/mol. The number of phenols is 1. The van der Waals surface area contributed by atoms with Gasteiger partial charge in [-0.1, -0.05) is 13.0 Å². The van der Waals surface area contributed by atoms with E-state index in [1.165, 1.54) is 6.07 Å². The molecule has 0 bridgehead atoms. The normalized spacial score (nSPS) is 11.1. The smallest absolute Gasteiger partial charge is 0.226 e. The maximum Gasteiger partial charge on any atom is 0.226 e. The van der Waals surface area contributed by atoms with Crippen LogP contribution in [0.15, 0.2) is 47.8 Å². The maximum absolute atomic E-state index is 11.0. The number of nitrogen functional groups attached to an aromatic ring is 1. The number of nitrogens with one attached hydrogen (secondary N) is 1. The van der Waals surface area contributed by atoms with Gasteiger partial charge in [0.15, 0.2) is 5.82 Å². The summed E-state index contributed by atoms with van der Waals surface area (Å²) in [7, 11) is 0. The number of aromatic nitrogens is 4. The molecule has 8 heteroatoms. The fourth-order valence-corrected chi connectivity index (χ4v) is 3.14. The molecule has 8 nitrogen and oxygen atoms in total. The van der Waals surface area contributed by atoms with Gasteiger partial charge in [0.25, 0.3) is 0 Å². The second-order valence-corrected chi connectivity index (χ2v) is 5.88. The summed E-state index contributed by atoms with van der Waals surface area (Å²) in [6.07, 6.45) is 2.43. The van der Waals surface area contributed by atoms with Crippen molar-refractivity contribution in [2.45, 2.75) is 13.3 Å². The summed E-state index contributed by atoms with van der Waals surface area (Å²) in [5.41, 5.74) is 9.16. The second kappa shape index (κ2) is 5.99. The van der Waals surface area contributed by atoms with Crippen LogP contribution in [0, 0.1) is 4.91 Å². The van der Waals surface area contributed by atoms with Crippen molar-refractivity contribution in [3.05, 3.63) is 53.1 Å². The zero-order valence-electron chi connectivity index (χ0n) is 14.0. The minimum atomic E-state index is -0.105. The molecule has 2 heterocycles. The van der Waals surface area contributed by atoms with Gasteiger partial charge in [0.1, 0.15) is 11.4 Å². The average Bonchev–Trinajstić information content (AvgIpc) is 3.27. The first kappa shape index (κ1) is 15.8. The van der Waals surface area contributed by atoms with Crippen LogP contribution in [0.3, 0.4) is 0 Å². The van der Waals surface area contributed by atoms with Crippen molar-refractivity contribution in [3.8, 4) is 22.8 Å². The number of nitrogens with two attached hydrogens (primary N) is 1. The van der Waals surface area contributed by atoms with Crippen LogP contribution in [0.5, 0.6) is 5.75 Å². The molecule has 2 aromatic carbocycles. The topological polar surface area (TPSA) is 122 Å². The molecule has 0 aliphatic rings. The highest BCUT2D eigenvalue weighted by molar-refractivity contribution is 5.89. The molecule has 2 aromatic heterocycles. The number of aromatic amines is 1. The summed E-state index contributed by atoms with van der Waals surface area (Å²) in [5.74, 6) is 0.483. The zero-order chi connectivity index (χ0) is 18.3. The number of H-pyrrole nitrogens is 1. The lowest BCUT2D eigenvalue weighted by Crippen LogP contribution is -2.03. The number of aromatic hydroxyl groups is 1. The molecule has 0 unspecified atom stereocenters. The van der Waals surface area contributed by atoms with Crippen LogP contribution in [-0.2, 0) is 6.42 Å². The molecule has 0 atom stereocenters. The lowest BCUT2D eigenvalue weighted by molar-refractivity contribution is 0.476. The Morgan fingerprint density at radius 1 is 1.27 bits per heavy atom. The van der Waals surface area contributed by atoms with Gasteiger partial charge in [-0.25, -0.2) is 0 Å². The molecule has 4 N–H and O–H groups in total. The molecular formula is C18H16N6O2. The number of nitrogens with zero attached hydrogens (tertiary/aromatic N) is 4. The summed E-state index contributed by atoms with van der Waals surface area (Å²) in [4.78, 5) is 14.1. The highest BCUT2D eigenvalue weighted by Crippen LogP contribution is 2.37. The van der Waals surface area contributed by atoms with Crippen molar-refractivity contribution in [2.75, 3.05) is 5.73 Å². The number of benzene rings is 2. The molecule has 0 aliphatic carbocycles. The van der Waals surface area contributed by atoms with E-state index in [1.54, 1.807) is 10.6 Å². The van der Waals surface area contributed by atoms with E-state index in [9.17, 15) is 10.0 Å². The fraction of sp³-hybridized carbons (Fsp3) is 0.111. The molecule has 4 rings (SSSR count).